The van der Waals surface area contributed by atoms with Crippen molar-refractivity contribution in [3.8, 4) is 17.2 Å². The first-order chi connectivity index (χ1) is 11.1. The lowest BCUT2D eigenvalue weighted by molar-refractivity contribution is 0.0952. The normalized spacial score (nSPS) is 12.3. The topological polar surface area (TPSA) is 95.6 Å². The van der Waals surface area contributed by atoms with Gasteiger partial charge in [0.05, 0.1) is 5.69 Å². The first kappa shape index (κ1) is 15.1. The van der Waals surface area contributed by atoms with Crippen LogP contribution < -0.4 is 26.1 Å². The van der Waals surface area contributed by atoms with E-state index in [1.165, 1.54) is 4.57 Å². The van der Waals surface area contributed by atoms with Crippen molar-refractivity contribution in [1.29, 1.82) is 0 Å². The average molecular weight is 315 g/mol. The number of amides is 1. The lowest BCUT2D eigenvalue weighted by Crippen LogP contribution is -2.35. The Hall–Kier alpha value is -2.80. The van der Waals surface area contributed by atoms with Gasteiger partial charge in [0.25, 0.3) is 11.5 Å². The number of nitrogens with one attached hydrogen (secondary N) is 1. The van der Waals surface area contributed by atoms with Crippen molar-refractivity contribution in [3.63, 3.8) is 0 Å². The Bertz CT molecular complexity index is 813. The van der Waals surface area contributed by atoms with E-state index >= 15 is 0 Å². The number of nitrogens with two attached hydrogens (primary N) is 1. The largest absolute Gasteiger partial charge is 0.454 e. The molecule has 1 aliphatic rings. The molecule has 2 heterocycles. The molecule has 7 nitrogen and oxygen atoms in total. The maximum Gasteiger partial charge on any atom is 0.268 e. The summed E-state index contributed by atoms with van der Waals surface area (Å²) >= 11 is 0. The molecule has 0 atom stereocenters. The molecule has 0 aliphatic carbocycles. The molecule has 23 heavy (non-hydrogen) atoms. The van der Waals surface area contributed by atoms with E-state index in [4.69, 9.17) is 15.2 Å². The minimum atomic E-state index is -0.423. The zero-order valence-corrected chi connectivity index (χ0v) is 12.7. The van der Waals surface area contributed by atoms with Crippen LogP contribution in [0.25, 0.3) is 5.69 Å². The first-order valence-electron chi connectivity index (χ1n) is 7.22. The number of fused-ring (bicyclic) bond motifs is 1. The molecule has 0 fully saturated rings. The van der Waals surface area contributed by atoms with E-state index in [9.17, 15) is 9.59 Å². The fourth-order valence-electron chi connectivity index (χ4n) is 2.42. The van der Waals surface area contributed by atoms with Crippen LogP contribution in [0.3, 0.4) is 0 Å². The molecule has 3 rings (SSSR count). The Balaban J connectivity index is 2.04. The van der Waals surface area contributed by atoms with Gasteiger partial charge in [0, 0.05) is 25.4 Å². The molecule has 1 aromatic heterocycles. The minimum Gasteiger partial charge on any atom is -0.454 e. The third-order valence-corrected chi connectivity index (χ3v) is 3.59. The van der Waals surface area contributed by atoms with Crippen LogP contribution in [-0.4, -0.2) is 30.4 Å². The van der Waals surface area contributed by atoms with Crippen LogP contribution in [0.4, 0.5) is 0 Å². The van der Waals surface area contributed by atoms with Crippen molar-refractivity contribution in [3.05, 3.63) is 51.9 Å². The Kier molecular flexibility index (Phi) is 4.03. The summed E-state index contributed by atoms with van der Waals surface area (Å²) in [6.45, 7) is 2.52. The second-order valence-electron chi connectivity index (χ2n) is 5.13. The van der Waals surface area contributed by atoms with Gasteiger partial charge >= 0.3 is 0 Å². The van der Waals surface area contributed by atoms with Gasteiger partial charge in [-0.1, -0.05) is 0 Å². The third-order valence-electron chi connectivity index (χ3n) is 3.59. The zero-order chi connectivity index (χ0) is 16.4. The highest BCUT2D eigenvalue weighted by atomic mass is 16.7. The SMILES string of the molecule is Cc1ccn(-c2ccc3c(c2)OCO3)c(=O)c1C(=O)NCCN. The molecule has 0 saturated heterocycles. The van der Waals surface area contributed by atoms with Gasteiger partial charge in [-0.25, -0.2) is 0 Å². The number of benzene rings is 1. The maximum atomic E-state index is 12.7. The number of hydrogen-bond acceptors (Lipinski definition) is 5. The highest BCUT2D eigenvalue weighted by Crippen LogP contribution is 2.33. The van der Waals surface area contributed by atoms with Gasteiger partial charge in [-0.05, 0) is 30.7 Å². The smallest absolute Gasteiger partial charge is 0.268 e. The molecular weight excluding hydrogens is 298 g/mol. The Morgan fingerprint density at radius 1 is 1.30 bits per heavy atom. The van der Waals surface area contributed by atoms with Gasteiger partial charge in [0.1, 0.15) is 5.56 Å². The van der Waals surface area contributed by atoms with Gasteiger partial charge < -0.3 is 20.5 Å². The van der Waals surface area contributed by atoms with Gasteiger partial charge in [-0.15, -0.1) is 0 Å². The van der Waals surface area contributed by atoms with E-state index in [0.717, 1.165) is 0 Å². The van der Waals surface area contributed by atoms with Crippen LogP contribution in [0, 0.1) is 6.92 Å². The Morgan fingerprint density at radius 2 is 2.09 bits per heavy atom. The Labute approximate surface area is 132 Å². The summed E-state index contributed by atoms with van der Waals surface area (Å²) in [5, 5.41) is 2.63. The molecule has 1 aliphatic heterocycles. The number of pyridine rings is 1. The number of ether oxygens (including phenoxy) is 2. The summed E-state index contributed by atoms with van der Waals surface area (Å²) in [5.41, 5.74) is 6.32. The summed E-state index contributed by atoms with van der Waals surface area (Å²) in [4.78, 5) is 24.9. The number of nitrogens with zero attached hydrogens (tertiary/aromatic N) is 1. The monoisotopic (exact) mass is 315 g/mol. The number of rotatable bonds is 4. The number of hydrogen-bond donors (Lipinski definition) is 2. The molecule has 0 spiro atoms. The predicted molar refractivity (Wildman–Crippen MR) is 84.3 cm³/mol. The van der Waals surface area contributed by atoms with Crippen LogP contribution in [-0.2, 0) is 0 Å². The molecule has 120 valence electrons. The molecule has 0 saturated carbocycles. The van der Waals surface area contributed by atoms with Crippen LogP contribution in [0.15, 0.2) is 35.3 Å². The summed E-state index contributed by atoms with van der Waals surface area (Å²) in [7, 11) is 0. The van der Waals surface area contributed by atoms with Crippen LogP contribution in [0.1, 0.15) is 15.9 Å². The van der Waals surface area contributed by atoms with Crippen LogP contribution in [0.5, 0.6) is 11.5 Å². The van der Waals surface area contributed by atoms with E-state index < -0.39 is 11.5 Å². The predicted octanol–water partition coefficient (Wildman–Crippen LogP) is 0.563. The molecule has 0 bridgehead atoms. The minimum absolute atomic E-state index is 0.110. The summed E-state index contributed by atoms with van der Waals surface area (Å²) < 4.78 is 12.0. The lowest BCUT2D eigenvalue weighted by Gasteiger charge is -2.11. The first-order valence-corrected chi connectivity index (χ1v) is 7.22. The maximum absolute atomic E-state index is 12.7. The van der Waals surface area contributed by atoms with E-state index in [0.29, 0.717) is 35.8 Å². The number of carbonyl (C=O) groups is 1. The molecular formula is C16H17N3O4. The van der Waals surface area contributed by atoms with Crippen molar-refractivity contribution >= 4 is 5.91 Å². The van der Waals surface area contributed by atoms with Gasteiger partial charge in [-0.2, -0.15) is 0 Å². The lowest BCUT2D eigenvalue weighted by atomic mass is 10.1. The molecule has 1 aromatic carbocycles. The zero-order valence-electron chi connectivity index (χ0n) is 12.7. The fraction of sp³-hybridized carbons (Fsp3) is 0.250. The van der Waals surface area contributed by atoms with Gasteiger partial charge in [0.2, 0.25) is 6.79 Å². The van der Waals surface area contributed by atoms with E-state index in [-0.39, 0.29) is 12.4 Å². The number of aryl methyl sites for hydroxylation is 1. The van der Waals surface area contributed by atoms with E-state index in [2.05, 4.69) is 5.32 Å². The quantitative estimate of drug-likeness (QED) is 0.859. The molecule has 1 amide bonds. The Morgan fingerprint density at radius 3 is 2.87 bits per heavy atom. The second-order valence-corrected chi connectivity index (χ2v) is 5.13. The van der Waals surface area contributed by atoms with Crippen molar-refractivity contribution in [2.24, 2.45) is 5.73 Å². The number of aromatic nitrogens is 1. The highest BCUT2D eigenvalue weighted by molar-refractivity contribution is 5.95. The summed E-state index contributed by atoms with van der Waals surface area (Å²) in [5.74, 6) is 0.784. The van der Waals surface area contributed by atoms with Crippen molar-refractivity contribution in [2.75, 3.05) is 19.9 Å². The van der Waals surface area contributed by atoms with Crippen LogP contribution >= 0.6 is 0 Å². The van der Waals surface area contributed by atoms with E-state index in [1.807, 2.05) is 0 Å². The molecule has 0 radical (unpaired) electrons. The molecule has 3 N–H and O–H groups in total. The summed E-state index contributed by atoms with van der Waals surface area (Å²) in [6, 6.07) is 6.91. The number of carbonyl (C=O) groups excluding carboxylic acids is 1. The van der Waals surface area contributed by atoms with E-state index in [1.54, 1.807) is 37.4 Å². The average Bonchev–Trinajstić information content (AvgIpc) is 3.00. The standard InChI is InChI=1S/C16H17N3O4/c1-10-4-7-19(16(21)14(10)15(20)18-6-5-17)11-2-3-12-13(8-11)23-9-22-12/h2-4,7-8H,5-6,9,17H2,1H3,(H,18,20). The highest BCUT2D eigenvalue weighted by Gasteiger charge is 2.18. The van der Waals surface area contributed by atoms with Crippen molar-refractivity contribution < 1.29 is 14.3 Å². The van der Waals surface area contributed by atoms with Gasteiger partial charge in [0.15, 0.2) is 11.5 Å². The third kappa shape index (κ3) is 2.78. The van der Waals surface area contributed by atoms with Gasteiger partial charge in [-0.3, -0.25) is 14.2 Å². The van der Waals surface area contributed by atoms with Crippen molar-refractivity contribution in [1.82, 2.24) is 9.88 Å². The van der Waals surface area contributed by atoms with Crippen molar-refractivity contribution in [2.45, 2.75) is 6.92 Å². The molecule has 2 aromatic rings. The second kappa shape index (κ2) is 6.13. The summed E-state index contributed by atoms with van der Waals surface area (Å²) in [6.07, 6.45) is 1.63. The molecule has 0 unspecified atom stereocenters. The van der Waals surface area contributed by atoms with Crippen LogP contribution in [0.2, 0.25) is 0 Å². The molecule has 7 heteroatoms. The fourth-order valence-corrected chi connectivity index (χ4v) is 2.42.